The zero-order valence-corrected chi connectivity index (χ0v) is 8.68. The number of aliphatic carboxylic acids is 1. The number of carboxylic acids is 1. The first-order valence-corrected chi connectivity index (χ1v) is 5.05. The Hall–Kier alpha value is -0.530. The molecule has 0 radical (unpaired) electrons. The van der Waals surface area contributed by atoms with E-state index in [4.69, 9.17) is 5.11 Å². The van der Waals surface area contributed by atoms with Gasteiger partial charge in [0.2, 0.25) is 0 Å². The summed E-state index contributed by atoms with van der Waals surface area (Å²) in [5.41, 5.74) is 0.293. The summed E-state index contributed by atoms with van der Waals surface area (Å²) >= 11 is 0. The Balaban J connectivity index is 2.20. The van der Waals surface area contributed by atoms with Gasteiger partial charge in [0.15, 0.2) is 0 Å². The largest absolute Gasteiger partial charge is 0.481 e. The molecule has 74 valence electrons. The molecule has 0 aromatic rings. The smallest absolute Gasteiger partial charge is 0.309 e. The van der Waals surface area contributed by atoms with Crippen LogP contribution in [0.2, 0.25) is 0 Å². The van der Waals surface area contributed by atoms with E-state index in [-0.39, 0.29) is 10.8 Å². The average Bonchev–Trinajstić information content (AvgIpc) is 2.34. The van der Waals surface area contributed by atoms with E-state index in [0.29, 0.717) is 5.41 Å². The molecule has 2 heteroatoms. The van der Waals surface area contributed by atoms with Gasteiger partial charge in [-0.25, -0.2) is 0 Å². The lowest BCUT2D eigenvalue weighted by molar-refractivity contribution is -0.161. The van der Waals surface area contributed by atoms with Crippen LogP contribution in [0.5, 0.6) is 0 Å². The van der Waals surface area contributed by atoms with Gasteiger partial charge in [-0.05, 0) is 36.5 Å². The highest BCUT2D eigenvalue weighted by Crippen LogP contribution is 2.72. The van der Waals surface area contributed by atoms with Crippen LogP contribution in [0.4, 0.5) is 0 Å². The minimum Gasteiger partial charge on any atom is -0.481 e. The summed E-state index contributed by atoms with van der Waals surface area (Å²) in [7, 11) is 0. The Kier molecular flexibility index (Phi) is 1.46. The molecule has 0 atom stereocenters. The molecule has 3 fully saturated rings. The van der Waals surface area contributed by atoms with E-state index in [1.54, 1.807) is 0 Å². The number of fused-ring (bicyclic) bond motifs is 1. The molecule has 2 nitrogen and oxygen atoms in total. The molecule has 1 N–H and O–H groups in total. The topological polar surface area (TPSA) is 37.3 Å². The highest BCUT2D eigenvalue weighted by Gasteiger charge is 2.68. The van der Waals surface area contributed by atoms with Gasteiger partial charge in [-0.3, -0.25) is 4.79 Å². The maximum Gasteiger partial charge on any atom is 0.309 e. The number of carboxylic acid groups (broad SMARTS) is 1. The van der Waals surface area contributed by atoms with Crippen molar-refractivity contribution in [3.05, 3.63) is 0 Å². The third-order valence-corrected chi connectivity index (χ3v) is 4.48. The van der Waals surface area contributed by atoms with Crippen molar-refractivity contribution in [2.75, 3.05) is 0 Å². The van der Waals surface area contributed by atoms with Crippen molar-refractivity contribution in [2.45, 2.75) is 46.5 Å². The molecule has 0 aromatic heterocycles. The molecule has 0 heterocycles. The summed E-state index contributed by atoms with van der Waals surface area (Å²) in [4.78, 5) is 11.0. The fourth-order valence-electron chi connectivity index (χ4n) is 3.24. The third-order valence-electron chi connectivity index (χ3n) is 4.48. The zero-order chi connectivity index (χ0) is 9.91. The minimum atomic E-state index is -0.565. The van der Waals surface area contributed by atoms with Crippen LogP contribution in [-0.2, 0) is 4.79 Å². The first-order chi connectivity index (χ1) is 5.81. The number of carbonyl (C=O) groups is 1. The lowest BCUT2D eigenvalue weighted by Crippen LogP contribution is -2.49. The molecule has 0 amide bonds. The van der Waals surface area contributed by atoms with E-state index in [2.05, 4.69) is 20.8 Å². The van der Waals surface area contributed by atoms with Gasteiger partial charge < -0.3 is 5.11 Å². The first-order valence-electron chi connectivity index (χ1n) is 5.05. The second-order valence-electron chi connectivity index (χ2n) is 5.97. The molecule has 2 bridgehead atoms. The Morgan fingerprint density at radius 2 is 1.77 bits per heavy atom. The van der Waals surface area contributed by atoms with Crippen molar-refractivity contribution < 1.29 is 9.90 Å². The summed E-state index contributed by atoms with van der Waals surface area (Å²) in [6.45, 7) is 6.72. The van der Waals surface area contributed by atoms with E-state index in [1.807, 2.05) is 0 Å². The normalized spacial score (nSPS) is 43.0. The quantitative estimate of drug-likeness (QED) is 0.677. The number of hydrogen-bond donors (Lipinski definition) is 1. The predicted octanol–water partition coefficient (Wildman–Crippen LogP) is 2.68. The fraction of sp³-hybridized carbons (Fsp3) is 0.909. The molecule has 0 aromatic carbocycles. The predicted molar refractivity (Wildman–Crippen MR) is 50.4 cm³/mol. The highest BCUT2D eigenvalue weighted by atomic mass is 16.4. The van der Waals surface area contributed by atoms with E-state index in [9.17, 15) is 4.79 Å². The fourth-order valence-corrected chi connectivity index (χ4v) is 3.24. The van der Waals surface area contributed by atoms with Crippen molar-refractivity contribution in [1.29, 1.82) is 0 Å². The molecule has 0 spiro atoms. The summed E-state index contributed by atoms with van der Waals surface area (Å²) in [6, 6.07) is 0. The second-order valence-corrected chi connectivity index (χ2v) is 5.97. The molecular weight excluding hydrogens is 164 g/mol. The Labute approximate surface area is 79.3 Å². The number of hydrogen-bond acceptors (Lipinski definition) is 1. The van der Waals surface area contributed by atoms with Gasteiger partial charge in [-0.15, -0.1) is 0 Å². The summed E-state index contributed by atoms with van der Waals surface area (Å²) in [6.07, 6.45) is 3.85. The Bertz CT molecular complexity index is 254. The van der Waals surface area contributed by atoms with Crippen LogP contribution in [-0.4, -0.2) is 11.1 Å². The lowest BCUT2D eigenvalue weighted by Gasteiger charge is -2.52. The van der Waals surface area contributed by atoms with Gasteiger partial charge in [-0.2, -0.15) is 0 Å². The van der Waals surface area contributed by atoms with Crippen LogP contribution < -0.4 is 0 Å². The minimum absolute atomic E-state index is 0.280. The van der Waals surface area contributed by atoms with Gasteiger partial charge in [-0.1, -0.05) is 20.8 Å². The van der Waals surface area contributed by atoms with E-state index in [0.717, 1.165) is 25.7 Å². The van der Waals surface area contributed by atoms with Crippen LogP contribution in [0.15, 0.2) is 0 Å². The van der Waals surface area contributed by atoms with Crippen molar-refractivity contribution in [3.8, 4) is 0 Å². The molecular formula is C11H18O2. The van der Waals surface area contributed by atoms with Gasteiger partial charge >= 0.3 is 5.97 Å². The third kappa shape index (κ3) is 0.918. The molecule has 3 rings (SSSR count). The summed E-state index contributed by atoms with van der Waals surface area (Å²) in [5, 5.41) is 9.09. The Morgan fingerprint density at radius 3 is 2.00 bits per heavy atom. The Morgan fingerprint density at radius 1 is 1.23 bits per heavy atom. The zero-order valence-electron chi connectivity index (χ0n) is 8.68. The van der Waals surface area contributed by atoms with Crippen molar-refractivity contribution in [3.63, 3.8) is 0 Å². The molecule has 0 aliphatic heterocycles. The maximum atomic E-state index is 11.0. The summed E-state index contributed by atoms with van der Waals surface area (Å²) in [5.74, 6) is -0.565. The molecule has 3 saturated carbocycles. The van der Waals surface area contributed by atoms with Crippen LogP contribution in [0.3, 0.4) is 0 Å². The van der Waals surface area contributed by atoms with Gasteiger partial charge in [0.25, 0.3) is 0 Å². The molecule has 3 aliphatic rings. The molecule has 13 heavy (non-hydrogen) atoms. The van der Waals surface area contributed by atoms with Crippen LogP contribution in [0.1, 0.15) is 46.5 Å². The second kappa shape index (κ2) is 2.10. The van der Waals surface area contributed by atoms with E-state index in [1.165, 1.54) is 0 Å². The van der Waals surface area contributed by atoms with Crippen molar-refractivity contribution in [2.24, 2.45) is 16.2 Å². The van der Waals surface area contributed by atoms with Gasteiger partial charge in [0, 0.05) is 0 Å². The monoisotopic (exact) mass is 182 g/mol. The molecule has 0 saturated heterocycles. The maximum absolute atomic E-state index is 11.0. The van der Waals surface area contributed by atoms with Crippen LogP contribution in [0.25, 0.3) is 0 Å². The average molecular weight is 182 g/mol. The molecule has 3 aliphatic carbocycles. The van der Waals surface area contributed by atoms with E-state index < -0.39 is 5.97 Å². The standard InChI is InChI=1S/C11H18O2/c1-9(2,3)11-5-4-10(6-11,7-11)8(12)13/h4-7H2,1-3H3,(H,12,13). The van der Waals surface area contributed by atoms with Crippen LogP contribution >= 0.6 is 0 Å². The van der Waals surface area contributed by atoms with Crippen LogP contribution in [0, 0.1) is 16.2 Å². The molecule has 0 unspecified atom stereocenters. The van der Waals surface area contributed by atoms with Gasteiger partial charge in [0.1, 0.15) is 0 Å². The van der Waals surface area contributed by atoms with Crippen molar-refractivity contribution in [1.82, 2.24) is 0 Å². The SMILES string of the molecule is CC(C)(C)C12CCC(C(=O)O)(C1)C2. The van der Waals surface area contributed by atoms with Crippen molar-refractivity contribution >= 4 is 5.97 Å². The first kappa shape index (κ1) is 9.04. The number of rotatable bonds is 1. The lowest BCUT2D eigenvalue weighted by atomic mass is 9.51. The van der Waals surface area contributed by atoms with Gasteiger partial charge in [0.05, 0.1) is 5.41 Å². The summed E-state index contributed by atoms with van der Waals surface area (Å²) < 4.78 is 0. The van der Waals surface area contributed by atoms with E-state index >= 15 is 0 Å². The highest BCUT2D eigenvalue weighted by molar-refractivity contribution is 5.77.